The quantitative estimate of drug-likeness (QED) is 0.820. The van der Waals surface area contributed by atoms with E-state index in [1.807, 2.05) is 12.1 Å². The van der Waals surface area contributed by atoms with Crippen LogP contribution in [-0.4, -0.2) is 4.98 Å². The molecule has 1 fully saturated rings. The Morgan fingerprint density at radius 3 is 2.62 bits per heavy atom. The van der Waals surface area contributed by atoms with Crippen molar-refractivity contribution in [3.05, 3.63) is 28.5 Å². The molecule has 70 valence electrons. The number of hydrogen-bond acceptors (Lipinski definition) is 2. The number of pyridine rings is 1. The van der Waals surface area contributed by atoms with E-state index < -0.39 is 0 Å². The predicted molar refractivity (Wildman–Crippen MR) is 56.2 cm³/mol. The van der Waals surface area contributed by atoms with Gasteiger partial charge in [-0.25, -0.2) is 0 Å². The van der Waals surface area contributed by atoms with Gasteiger partial charge in [0.05, 0.1) is 11.2 Å². The van der Waals surface area contributed by atoms with Crippen LogP contribution in [0.25, 0.3) is 0 Å². The van der Waals surface area contributed by atoms with Crippen LogP contribution in [0.15, 0.2) is 22.8 Å². The monoisotopic (exact) mass is 240 g/mol. The maximum Gasteiger partial charge on any atom is 0.0749 e. The normalized spacial score (nSPS) is 30.2. The number of aromatic nitrogens is 1. The van der Waals surface area contributed by atoms with E-state index >= 15 is 0 Å². The largest absolute Gasteiger partial charge is 0.320 e. The molecule has 13 heavy (non-hydrogen) atoms. The van der Waals surface area contributed by atoms with E-state index in [9.17, 15) is 0 Å². The molecule has 0 aromatic carbocycles. The van der Waals surface area contributed by atoms with Crippen LogP contribution in [0.5, 0.6) is 0 Å². The summed E-state index contributed by atoms with van der Waals surface area (Å²) in [5, 5.41) is 0. The molecule has 2 nitrogen and oxygen atoms in total. The molecule has 1 aromatic heterocycles. The van der Waals surface area contributed by atoms with E-state index in [1.165, 1.54) is 0 Å². The minimum Gasteiger partial charge on any atom is -0.320 e. The Kier molecular flexibility index (Phi) is 1.79. The first-order valence-electron chi connectivity index (χ1n) is 4.37. The molecular formula is C10H13BrN2. The Hall–Kier alpha value is -0.410. The molecule has 1 aliphatic rings. The molecule has 0 radical (unpaired) electrons. The smallest absolute Gasteiger partial charge is 0.0749 e. The molecule has 0 amide bonds. The van der Waals surface area contributed by atoms with Crippen LogP contribution >= 0.6 is 15.9 Å². The molecule has 1 aliphatic carbocycles. The van der Waals surface area contributed by atoms with Crippen molar-refractivity contribution in [3.63, 3.8) is 0 Å². The number of nitrogens with two attached hydrogens (primary N) is 1. The second-order valence-electron chi connectivity index (χ2n) is 4.37. The Bertz CT molecular complexity index is 349. The summed E-state index contributed by atoms with van der Waals surface area (Å²) in [6.45, 7) is 4.35. The first-order valence-corrected chi connectivity index (χ1v) is 5.16. The van der Waals surface area contributed by atoms with Gasteiger partial charge < -0.3 is 5.73 Å². The van der Waals surface area contributed by atoms with Crippen LogP contribution in [0.4, 0.5) is 0 Å². The lowest BCUT2D eigenvalue weighted by molar-refractivity contribution is 0.498. The summed E-state index contributed by atoms with van der Waals surface area (Å²) in [5.41, 5.74) is 7.20. The molecular weight excluding hydrogens is 228 g/mol. The SMILES string of the molecule is CC1(C)CC1(N)c1ncccc1Br. The molecule has 1 heterocycles. The van der Waals surface area contributed by atoms with Crippen LogP contribution in [-0.2, 0) is 5.54 Å². The fourth-order valence-corrected chi connectivity index (χ4v) is 2.38. The van der Waals surface area contributed by atoms with E-state index in [2.05, 4.69) is 34.8 Å². The van der Waals surface area contributed by atoms with Crippen molar-refractivity contribution in [2.75, 3.05) is 0 Å². The standard InChI is InChI=1S/C10H13BrN2/c1-9(2)6-10(9,12)8-7(11)4-3-5-13-8/h3-5H,6,12H2,1-2H3. The zero-order valence-corrected chi connectivity index (χ0v) is 9.43. The first kappa shape index (κ1) is 9.16. The van der Waals surface area contributed by atoms with Gasteiger partial charge in [0.2, 0.25) is 0 Å². The summed E-state index contributed by atoms with van der Waals surface area (Å²) in [4.78, 5) is 4.34. The van der Waals surface area contributed by atoms with Gasteiger partial charge in [0, 0.05) is 10.7 Å². The van der Waals surface area contributed by atoms with Crippen LogP contribution in [0.2, 0.25) is 0 Å². The fourth-order valence-electron chi connectivity index (χ4n) is 1.77. The van der Waals surface area contributed by atoms with E-state index in [0.29, 0.717) is 0 Å². The molecule has 0 spiro atoms. The lowest BCUT2D eigenvalue weighted by Crippen LogP contribution is -2.27. The highest BCUT2D eigenvalue weighted by molar-refractivity contribution is 9.10. The zero-order chi connectivity index (χ0) is 9.69. The van der Waals surface area contributed by atoms with Gasteiger partial charge in [0.1, 0.15) is 0 Å². The Morgan fingerprint density at radius 1 is 1.54 bits per heavy atom. The average molecular weight is 241 g/mol. The summed E-state index contributed by atoms with van der Waals surface area (Å²) in [5.74, 6) is 0. The minimum absolute atomic E-state index is 0.184. The molecule has 2 N–H and O–H groups in total. The average Bonchev–Trinajstić information content (AvgIpc) is 2.53. The molecule has 1 saturated carbocycles. The van der Waals surface area contributed by atoms with Crippen LogP contribution in [0.3, 0.4) is 0 Å². The molecule has 2 rings (SSSR count). The molecule has 1 unspecified atom stereocenters. The number of rotatable bonds is 1. The highest BCUT2D eigenvalue weighted by Gasteiger charge is 2.61. The summed E-state index contributed by atoms with van der Waals surface area (Å²) >= 11 is 3.48. The van der Waals surface area contributed by atoms with Crippen molar-refractivity contribution in [1.82, 2.24) is 4.98 Å². The van der Waals surface area contributed by atoms with Gasteiger partial charge in [-0.05, 0) is 39.9 Å². The Morgan fingerprint density at radius 2 is 2.15 bits per heavy atom. The van der Waals surface area contributed by atoms with Crippen molar-refractivity contribution in [1.29, 1.82) is 0 Å². The lowest BCUT2D eigenvalue weighted by Gasteiger charge is -2.15. The lowest BCUT2D eigenvalue weighted by atomic mass is 10.0. The summed E-state index contributed by atoms with van der Waals surface area (Å²) in [7, 11) is 0. The van der Waals surface area contributed by atoms with E-state index in [1.54, 1.807) is 6.20 Å². The number of halogens is 1. The van der Waals surface area contributed by atoms with Crippen molar-refractivity contribution >= 4 is 15.9 Å². The van der Waals surface area contributed by atoms with Gasteiger partial charge in [-0.15, -0.1) is 0 Å². The Balaban J connectivity index is 2.44. The fraction of sp³-hybridized carbons (Fsp3) is 0.500. The predicted octanol–water partition coefficient (Wildman–Crippen LogP) is 2.43. The summed E-state index contributed by atoms with van der Waals surface area (Å²) in [6, 6.07) is 3.90. The first-order chi connectivity index (χ1) is 5.97. The maximum absolute atomic E-state index is 6.25. The van der Waals surface area contributed by atoms with Gasteiger partial charge in [0.15, 0.2) is 0 Å². The van der Waals surface area contributed by atoms with Crippen molar-refractivity contribution in [2.24, 2.45) is 11.1 Å². The van der Waals surface area contributed by atoms with E-state index in [4.69, 9.17) is 5.73 Å². The molecule has 0 saturated heterocycles. The van der Waals surface area contributed by atoms with Crippen LogP contribution in [0, 0.1) is 5.41 Å². The van der Waals surface area contributed by atoms with Crippen molar-refractivity contribution < 1.29 is 0 Å². The zero-order valence-electron chi connectivity index (χ0n) is 7.84. The van der Waals surface area contributed by atoms with Crippen LogP contribution < -0.4 is 5.73 Å². The highest BCUT2D eigenvalue weighted by atomic mass is 79.9. The number of nitrogens with zero attached hydrogens (tertiary/aromatic N) is 1. The second-order valence-corrected chi connectivity index (χ2v) is 5.22. The third-order valence-corrected chi connectivity index (χ3v) is 3.62. The van der Waals surface area contributed by atoms with Gasteiger partial charge in [-0.1, -0.05) is 13.8 Å². The topological polar surface area (TPSA) is 38.9 Å². The van der Waals surface area contributed by atoms with Gasteiger partial charge >= 0.3 is 0 Å². The van der Waals surface area contributed by atoms with Gasteiger partial charge in [-0.2, -0.15) is 0 Å². The second kappa shape index (κ2) is 2.55. The molecule has 0 aliphatic heterocycles. The highest BCUT2D eigenvalue weighted by Crippen LogP contribution is 2.60. The molecule has 1 atom stereocenters. The minimum atomic E-state index is -0.229. The molecule has 3 heteroatoms. The maximum atomic E-state index is 6.25. The van der Waals surface area contributed by atoms with E-state index in [0.717, 1.165) is 16.6 Å². The summed E-state index contributed by atoms with van der Waals surface area (Å²) < 4.78 is 1.02. The third-order valence-electron chi connectivity index (χ3n) is 2.98. The van der Waals surface area contributed by atoms with Crippen molar-refractivity contribution in [2.45, 2.75) is 25.8 Å². The third kappa shape index (κ3) is 1.22. The van der Waals surface area contributed by atoms with Gasteiger partial charge in [-0.3, -0.25) is 4.98 Å². The van der Waals surface area contributed by atoms with Crippen molar-refractivity contribution in [3.8, 4) is 0 Å². The Labute approximate surface area is 86.7 Å². The summed E-state index contributed by atoms with van der Waals surface area (Å²) in [6.07, 6.45) is 2.80. The van der Waals surface area contributed by atoms with Gasteiger partial charge in [0.25, 0.3) is 0 Å². The molecule has 0 bridgehead atoms. The van der Waals surface area contributed by atoms with E-state index in [-0.39, 0.29) is 11.0 Å². The molecule has 1 aromatic rings. The van der Waals surface area contributed by atoms with Crippen LogP contribution in [0.1, 0.15) is 26.0 Å². The number of hydrogen-bond donors (Lipinski definition) is 1.